The van der Waals surface area contributed by atoms with Crippen molar-refractivity contribution in [1.82, 2.24) is 20.5 Å². The van der Waals surface area contributed by atoms with Crippen LogP contribution in [-0.2, 0) is 24.1 Å². The van der Waals surface area contributed by atoms with Crippen LogP contribution in [0, 0.1) is 0 Å². The average molecular weight is 653 g/mol. The van der Waals surface area contributed by atoms with Gasteiger partial charge in [-0.05, 0) is 54.8 Å². The molecule has 0 aliphatic carbocycles. The molecular formula is C35H36ClF3N4O3. The quantitative estimate of drug-likeness (QED) is 0.160. The molecule has 1 aliphatic heterocycles. The van der Waals surface area contributed by atoms with Crippen molar-refractivity contribution in [2.75, 3.05) is 19.7 Å². The summed E-state index contributed by atoms with van der Waals surface area (Å²) in [6, 6.07) is 25.7. The molecule has 1 fully saturated rings. The zero-order valence-electron chi connectivity index (χ0n) is 25.3. The minimum atomic E-state index is -4.56. The first-order valence-corrected chi connectivity index (χ1v) is 15.5. The van der Waals surface area contributed by atoms with Gasteiger partial charge in [0.25, 0.3) is 5.91 Å². The first kappa shape index (κ1) is 33.4. The van der Waals surface area contributed by atoms with Crippen LogP contribution in [-0.4, -0.2) is 53.6 Å². The van der Waals surface area contributed by atoms with E-state index in [4.69, 9.17) is 21.1 Å². The number of carbonyl (C=O) groups is 1. The van der Waals surface area contributed by atoms with Gasteiger partial charge in [0.2, 0.25) is 5.88 Å². The van der Waals surface area contributed by atoms with Gasteiger partial charge in [-0.1, -0.05) is 72.3 Å². The number of benzene rings is 3. The highest BCUT2D eigenvalue weighted by molar-refractivity contribution is 6.32. The Hall–Kier alpha value is -3.96. The number of rotatable bonds is 13. The Morgan fingerprint density at radius 3 is 2.43 bits per heavy atom. The molecule has 242 valence electrons. The third-order valence-electron chi connectivity index (χ3n) is 8.02. The highest BCUT2D eigenvalue weighted by Crippen LogP contribution is 2.36. The molecule has 3 atom stereocenters. The summed E-state index contributed by atoms with van der Waals surface area (Å²) in [5.41, 5.74) is 1.45. The minimum Gasteiger partial charge on any atom is -0.437 e. The number of aromatic nitrogens is 1. The number of nitrogens with one attached hydrogen (secondary N) is 2. The number of hydrogen-bond donors (Lipinski definition) is 2. The molecule has 4 aromatic rings. The highest BCUT2D eigenvalue weighted by atomic mass is 35.5. The van der Waals surface area contributed by atoms with Crippen LogP contribution in [0.15, 0.2) is 97.2 Å². The number of likely N-dealkylation sites (tertiary alicyclic amines) is 1. The van der Waals surface area contributed by atoms with E-state index in [2.05, 4.69) is 39.6 Å². The third kappa shape index (κ3) is 9.07. The summed E-state index contributed by atoms with van der Waals surface area (Å²) in [7, 11) is 0. The van der Waals surface area contributed by atoms with E-state index in [1.165, 1.54) is 11.8 Å². The molecule has 0 radical (unpaired) electrons. The Kier molecular flexibility index (Phi) is 11.3. The maximum absolute atomic E-state index is 13.7. The van der Waals surface area contributed by atoms with Crippen LogP contribution >= 0.6 is 11.6 Å². The SMILES string of the molecule is CC(C(COCc1ccccc1)NC(=O)c1cccnc1Oc1ccc(C(F)(F)F)cc1Cl)N1CCC(NCc2ccccc2)C1. The number of nitrogens with zero attached hydrogens (tertiary/aromatic N) is 2. The van der Waals surface area contributed by atoms with E-state index >= 15 is 0 Å². The molecule has 46 heavy (non-hydrogen) atoms. The lowest BCUT2D eigenvalue weighted by molar-refractivity contribution is -0.137. The summed E-state index contributed by atoms with van der Waals surface area (Å²) < 4.78 is 51.3. The van der Waals surface area contributed by atoms with E-state index in [9.17, 15) is 18.0 Å². The smallest absolute Gasteiger partial charge is 0.416 e. The standard InChI is InChI=1S/C35H36ClF3N4O3/c1-24(43-18-16-28(21-43)41-20-25-9-4-2-5-10-25)31(23-45-22-26-11-6-3-7-12-26)42-33(44)29-13-8-17-40-34(29)46-32-15-14-27(19-30(32)36)35(37,38)39/h2-15,17,19,24,28,31,41H,16,18,20-23H2,1H3,(H,42,44). The third-order valence-corrected chi connectivity index (χ3v) is 8.32. The fourth-order valence-electron chi connectivity index (χ4n) is 5.37. The van der Waals surface area contributed by atoms with Gasteiger partial charge in [0.1, 0.15) is 11.3 Å². The maximum Gasteiger partial charge on any atom is 0.416 e. The summed E-state index contributed by atoms with van der Waals surface area (Å²) in [5, 5.41) is 6.50. The molecule has 0 bridgehead atoms. The predicted octanol–water partition coefficient (Wildman–Crippen LogP) is 7.11. The molecule has 1 aliphatic rings. The second-order valence-corrected chi connectivity index (χ2v) is 11.7. The van der Waals surface area contributed by atoms with E-state index in [0.29, 0.717) is 12.6 Å². The number of halogens is 4. The topological polar surface area (TPSA) is 75.7 Å². The maximum atomic E-state index is 13.7. The van der Waals surface area contributed by atoms with Crippen molar-refractivity contribution in [3.05, 3.63) is 124 Å². The van der Waals surface area contributed by atoms with Crippen LogP contribution in [0.2, 0.25) is 5.02 Å². The highest BCUT2D eigenvalue weighted by Gasteiger charge is 2.33. The van der Waals surface area contributed by atoms with Crippen molar-refractivity contribution in [3.8, 4) is 11.6 Å². The lowest BCUT2D eigenvalue weighted by atomic mass is 10.1. The summed E-state index contributed by atoms with van der Waals surface area (Å²) in [5.74, 6) is -0.585. The predicted molar refractivity (Wildman–Crippen MR) is 171 cm³/mol. The molecule has 2 heterocycles. The number of ether oxygens (including phenoxy) is 2. The molecule has 0 saturated carbocycles. The van der Waals surface area contributed by atoms with Gasteiger partial charge in [0.15, 0.2) is 0 Å². The van der Waals surface area contributed by atoms with Crippen LogP contribution < -0.4 is 15.4 Å². The van der Waals surface area contributed by atoms with Crippen LogP contribution in [0.25, 0.3) is 0 Å². The zero-order chi connectivity index (χ0) is 32.5. The lowest BCUT2D eigenvalue weighted by Crippen LogP contribution is -2.52. The van der Waals surface area contributed by atoms with Crippen LogP contribution in [0.3, 0.4) is 0 Å². The Morgan fingerprint density at radius 2 is 1.74 bits per heavy atom. The molecule has 2 N–H and O–H groups in total. The van der Waals surface area contributed by atoms with Crippen molar-refractivity contribution >= 4 is 17.5 Å². The summed E-state index contributed by atoms with van der Waals surface area (Å²) >= 11 is 6.11. The van der Waals surface area contributed by atoms with Gasteiger partial charge in [-0.2, -0.15) is 13.2 Å². The first-order valence-electron chi connectivity index (χ1n) is 15.1. The molecule has 1 saturated heterocycles. The summed E-state index contributed by atoms with van der Waals surface area (Å²) in [6.45, 7) is 5.15. The second-order valence-electron chi connectivity index (χ2n) is 11.3. The normalized spacial score (nSPS) is 16.6. The molecule has 3 unspecified atom stereocenters. The number of amides is 1. The second kappa shape index (κ2) is 15.6. The van der Waals surface area contributed by atoms with E-state index in [0.717, 1.165) is 49.8 Å². The fraction of sp³-hybridized carbons (Fsp3) is 0.314. The number of pyridine rings is 1. The van der Waals surface area contributed by atoms with E-state index in [1.807, 2.05) is 48.5 Å². The van der Waals surface area contributed by atoms with Crippen molar-refractivity contribution in [2.24, 2.45) is 0 Å². The van der Waals surface area contributed by atoms with Crippen molar-refractivity contribution < 1.29 is 27.4 Å². The van der Waals surface area contributed by atoms with Gasteiger partial charge in [0.05, 0.1) is 29.8 Å². The number of carbonyl (C=O) groups excluding carboxylic acids is 1. The van der Waals surface area contributed by atoms with Gasteiger partial charge in [-0.15, -0.1) is 0 Å². The Bertz CT molecular complexity index is 1580. The average Bonchev–Trinajstić information content (AvgIpc) is 3.54. The number of alkyl halides is 3. The lowest BCUT2D eigenvalue weighted by Gasteiger charge is -2.32. The van der Waals surface area contributed by atoms with E-state index in [1.54, 1.807) is 12.1 Å². The van der Waals surface area contributed by atoms with Crippen LogP contribution in [0.4, 0.5) is 13.2 Å². The van der Waals surface area contributed by atoms with Gasteiger partial charge >= 0.3 is 6.18 Å². The molecule has 0 spiro atoms. The monoisotopic (exact) mass is 652 g/mol. The molecule has 1 amide bonds. The molecule has 7 nitrogen and oxygen atoms in total. The minimum absolute atomic E-state index is 0.0513. The van der Waals surface area contributed by atoms with Gasteiger partial charge in [0, 0.05) is 37.9 Å². The van der Waals surface area contributed by atoms with Gasteiger partial charge < -0.3 is 20.1 Å². The number of hydrogen-bond acceptors (Lipinski definition) is 6. The fourth-order valence-corrected chi connectivity index (χ4v) is 5.59. The summed E-state index contributed by atoms with van der Waals surface area (Å²) in [6.07, 6.45) is -2.16. The van der Waals surface area contributed by atoms with Crippen molar-refractivity contribution in [1.29, 1.82) is 0 Å². The Labute approximate surface area is 271 Å². The molecular weight excluding hydrogens is 617 g/mol. The van der Waals surface area contributed by atoms with Crippen LogP contribution in [0.5, 0.6) is 11.6 Å². The largest absolute Gasteiger partial charge is 0.437 e. The summed E-state index contributed by atoms with van der Waals surface area (Å²) in [4.78, 5) is 20.2. The molecule has 1 aromatic heterocycles. The zero-order valence-corrected chi connectivity index (χ0v) is 26.1. The van der Waals surface area contributed by atoms with Crippen molar-refractivity contribution in [3.63, 3.8) is 0 Å². The Morgan fingerprint density at radius 1 is 1.02 bits per heavy atom. The Balaban J connectivity index is 1.28. The molecule has 3 aromatic carbocycles. The first-order chi connectivity index (χ1) is 22.2. The van der Waals surface area contributed by atoms with Gasteiger partial charge in [-0.25, -0.2) is 4.98 Å². The molecule has 11 heteroatoms. The molecule has 5 rings (SSSR count). The van der Waals surface area contributed by atoms with Gasteiger partial charge in [-0.3, -0.25) is 9.69 Å². The van der Waals surface area contributed by atoms with E-state index in [-0.39, 0.29) is 34.9 Å². The van der Waals surface area contributed by atoms with E-state index < -0.39 is 23.7 Å². The van der Waals surface area contributed by atoms with Crippen molar-refractivity contribution in [2.45, 2.75) is 50.8 Å². The van der Waals surface area contributed by atoms with Crippen LogP contribution in [0.1, 0.15) is 40.4 Å².